The highest BCUT2D eigenvalue weighted by molar-refractivity contribution is 5.05. The van der Waals surface area contributed by atoms with Crippen LogP contribution in [0.15, 0.2) is 0 Å². The van der Waals surface area contributed by atoms with E-state index in [1.54, 1.807) is 0 Å². The molecule has 1 aliphatic carbocycles. The number of hydrogen-bond acceptors (Lipinski definition) is 3. The molecule has 0 amide bonds. The Morgan fingerprint density at radius 3 is 2.13 bits per heavy atom. The zero-order valence-electron chi connectivity index (χ0n) is 10.2. The highest BCUT2D eigenvalue weighted by atomic mass is 15.3. The van der Waals surface area contributed by atoms with Crippen LogP contribution in [0.25, 0.3) is 0 Å². The third-order valence-corrected chi connectivity index (χ3v) is 3.87. The minimum absolute atomic E-state index is 0.421. The van der Waals surface area contributed by atoms with E-state index < -0.39 is 0 Å². The van der Waals surface area contributed by atoms with Gasteiger partial charge in [0.1, 0.15) is 0 Å². The molecule has 0 aromatic rings. The quantitative estimate of drug-likeness (QED) is 0.745. The highest BCUT2D eigenvalue weighted by Gasteiger charge is 2.47. The van der Waals surface area contributed by atoms with E-state index in [9.17, 15) is 0 Å². The van der Waals surface area contributed by atoms with Crippen molar-refractivity contribution < 1.29 is 0 Å². The molecular formula is C12H25N3. The van der Waals surface area contributed by atoms with Crippen molar-refractivity contribution in [1.82, 2.24) is 9.80 Å². The maximum absolute atomic E-state index is 5.86. The first-order valence-electron chi connectivity index (χ1n) is 6.34. The van der Waals surface area contributed by atoms with Gasteiger partial charge in [-0.25, -0.2) is 0 Å². The Morgan fingerprint density at radius 1 is 1.13 bits per heavy atom. The second-order valence-electron chi connectivity index (χ2n) is 5.61. The Hall–Kier alpha value is -0.120. The van der Waals surface area contributed by atoms with E-state index >= 15 is 0 Å². The van der Waals surface area contributed by atoms with Crippen molar-refractivity contribution in [2.45, 2.75) is 32.2 Å². The lowest BCUT2D eigenvalue weighted by Crippen LogP contribution is -2.54. The van der Waals surface area contributed by atoms with E-state index in [-0.39, 0.29) is 0 Å². The van der Waals surface area contributed by atoms with Crippen LogP contribution in [-0.2, 0) is 0 Å². The summed E-state index contributed by atoms with van der Waals surface area (Å²) in [4.78, 5) is 5.22. The summed E-state index contributed by atoms with van der Waals surface area (Å²) in [5, 5.41) is 0. The zero-order valence-corrected chi connectivity index (χ0v) is 10.2. The zero-order chi connectivity index (χ0) is 10.9. The molecule has 0 spiro atoms. The molecule has 0 unspecified atom stereocenters. The molecular weight excluding hydrogens is 186 g/mol. The standard InChI is InChI=1S/C12H25N3/c1-11(2)9-14-5-7-15(8-6-14)12(10-13)3-4-12/h11H,3-10,13H2,1-2H3. The van der Waals surface area contributed by atoms with Crippen LogP contribution in [0.1, 0.15) is 26.7 Å². The molecule has 0 radical (unpaired) electrons. The summed E-state index contributed by atoms with van der Waals surface area (Å²) in [6.45, 7) is 11.6. The summed E-state index contributed by atoms with van der Waals surface area (Å²) in [6, 6.07) is 0. The molecule has 3 nitrogen and oxygen atoms in total. The third-order valence-electron chi connectivity index (χ3n) is 3.87. The van der Waals surface area contributed by atoms with E-state index in [0.29, 0.717) is 5.54 Å². The molecule has 2 N–H and O–H groups in total. The van der Waals surface area contributed by atoms with Gasteiger partial charge in [-0.2, -0.15) is 0 Å². The molecule has 1 saturated heterocycles. The summed E-state index contributed by atoms with van der Waals surface area (Å²) in [6.07, 6.45) is 2.65. The van der Waals surface area contributed by atoms with Crippen molar-refractivity contribution in [3.8, 4) is 0 Å². The normalized spacial score (nSPS) is 27.2. The summed E-state index contributed by atoms with van der Waals surface area (Å²) in [5.41, 5.74) is 6.28. The Morgan fingerprint density at radius 2 is 1.73 bits per heavy atom. The first-order chi connectivity index (χ1) is 7.16. The number of nitrogens with two attached hydrogens (primary N) is 1. The van der Waals surface area contributed by atoms with Gasteiger partial charge < -0.3 is 10.6 Å². The van der Waals surface area contributed by atoms with Gasteiger partial charge in [-0.1, -0.05) is 13.8 Å². The van der Waals surface area contributed by atoms with Crippen molar-refractivity contribution in [2.75, 3.05) is 39.3 Å². The largest absolute Gasteiger partial charge is 0.329 e. The molecule has 15 heavy (non-hydrogen) atoms. The Labute approximate surface area is 93.6 Å². The lowest BCUT2D eigenvalue weighted by Gasteiger charge is -2.39. The Balaban J connectivity index is 1.77. The number of rotatable bonds is 4. The molecule has 1 saturated carbocycles. The molecule has 0 bridgehead atoms. The van der Waals surface area contributed by atoms with Crippen LogP contribution in [-0.4, -0.2) is 54.6 Å². The van der Waals surface area contributed by atoms with Crippen LogP contribution in [0.4, 0.5) is 0 Å². The van der Waals surface area contributed by atoms with Crippen LogP contribution in [0.5, 0.6) is 0 Å². The minimum atomic E-state index is 0.421. The van der Waals surface area contributed by atoms with Gasteiger partial charge in [-0.3, -0.25) is 4.90 Å². The minimum Gasteiger partial charge on any atom is -0.329 e. The molecule has 2 aliphatic rings. The Kier molecular flexibility index (Phi) is 3.33. The SMILES string of the molecule is CC(C)CN1CCN(C2(CN)CC2)CC1. The van der Waals surface area contributed by atoms with E-state index in [4.69, 9.17) is 5.73 Å². The average Bonchev–Trinajstić information content (AvgIpc) is 2.99. The fourth-order valence-electron chi connectivity index (χ4n) is 2.71. The lowest BCUT2D eigenvalue weighted by atomic mass is 10.1. The second-order valence-corrected chi connectivity index (χ2v) is 5.61. The van der Waals surface area contributed by atoms with Crippen LogP contribution in [0.2, 0.25) is 0 Å². The highest BCUT2D eigenvalue weighted by Crippen LogP contribution is 2.40. The van der Waals surface area contributed by atoms with Gasteiger partial charge in [0.05, 0.1) is 0 Å². The molecule has 88 valence electrons. The van der Waals surface area contributed by atoms with Crippen LogP contribution < -0.4 is 5.73 Å². The summed E-state index contributed by atoms with van der Waals surface area (Å²) >= 11 is 0. The second kappa shape index (κ2) is 4.40. The van der Waals surface area contributed by atoms with Gasteiger partial charge >= 0.3 is 0 Å². The van der Waals surface area contributed by atoms with E-state index in [1.165, 1.54) is 45.6 Å². The van der Waals surface area contributed by atoms with E-state index in [1.807, 2.05) is 0 Å². The average molecular weight is 211 g/mol. The predicted molar refractivity (Wildman–Crippen MR) is 63.9 cm³/mol. The van der Waals surface area contributed by atoms with Crippen molar-refractivity contribution in [1.29, 1.82) is 0 Å². The van der Waals surface area contributed by atoms with Crippen LogP contribution >= 0.6 is 0 Å². The number of nitrogens with zero attached hydrogens (tertiary/aromatic N) is 2. The Bertz CT molecular complexity index is 203. The van der Waals surface area contributed by atoms with Crippen molar-refractivity contribution >= 4 is 0 Å². The fraction of sp³-hybridized carbons (Fsp3) is 1.00. The fourth-order valence-corrected chi connectivity index (χ4v) is 2.71. The monoisotopic (exact) mass is 211 g/mol. The maximum Gasteiger partial charge on any atom is 0.0334 e. The molecule has 1 heterocycles. The van der Waals surface area contributed by atoms with Crippen molar-refractivity contribution in [3.05, 3.63) is 0 Å². The summed E-state index contributed by atoms with van der Waals surface area (Å²) in [5.74, 6) is 0.793. The van der Waals surface area contributed by atoms with Gasteiger partial charge in [0, 0.05) is 44.8 Å². The van der Waals surface area contributed by atoms with Crippen LogP contribution in [0.3, 0.4) is 0 Å². The predicted octanol–water partition coefficient (Wildman–Crippen LogP) is 0.751. The molecule has 0 atom stereocenters. The van der Waals surface area contributed by atoms with Gasteiger partial charge in [-0.15, -0.1) is 0 Å². The van der Waals surface area contributed by atoms with E-state index in [2.05, 4.69) is 23.6 Å². The summed E-state index contributed by atoms with van der Waals surface area (Å²) in [7, 11) is 0. The van der Waals surface area contributed by atoms with Crippen LogP contribution in [0, 0.1) is 5.92 Å². The van der Waals surface area contributed by atoms with Gasteiger partial charge in [0.25, 0.3) is 0 Å². The van der Waals surface area contributed by atoms with E-state index in [0.717, 1.165) is 12.5 Å². The third kappa shape index (κ3) is 2.52. The smallest absolute Gasteiger partial charge is 0.0334 e. The number of hydrogen-bond donors (Lipinski definition) is 1. The number of piperazine rings is 1. The van der Waals surface area contributed by atoms with Gasteiger partial charge in [0.15, 0.2) is 0 Å². The first kappa shape index (κ1) is 11.4. The molecule has 2 rings (SSSR count). The molecule has 0 aromatic carbocycles. The maximum atomic E-state index is 5.86. The van der Waals surface area contributed by atoms with Crippen molar-refractivity contribution in [2.24, 2.45) is 11.7 Å². The van der Waals surface area contributed by atoms with Gasteiger partial charge in [0.2, 0.25) is 0 Å². The lowest BCUT2D eigenvalue weighted by molar-refractivity contribution is 0.0815. The topological polar surface area (TPSA) is 32.5 Å². The molecule has 1 aliphatic heterocycles. The first-order valence-corrected chi connectivity index (χ1v) is 6.34. The van der Waals surface area contributed by atoms with Crippen molar-refractivity contribution in [3.63, 3.8) is 0 Å². The molecule has 2 fully saturated rings. The van der Waals surface area contributed by atoms with Gasteiger partial charge in [-0.05, 0) is 18.8 Å². The molecule has 0 aromatic heterocycles. The summed E-state index contributed by atoms with van der Waals surface area (Å²) < 4.78 is 0. The molecule has 3 heteroatoms.